The number of likely N-dealkylation sites (N-methyl/N-ethyl adjacent to an activating group) is 1. The summed E-state index contributed by atoms with van der Waals surface area (Å²) in [6.45, 7) is 1.26. The highest BCUT2D eigenvalue weighted by molar-refractivity contribution is 5.97. The van der Waals surface area contributed by atoms with Gasteiger partial charge in [-0.05, 0) is 0 Å². The van der Waals surface area contributed by atoms with Crippen LogP contribution in [0.1, 0.15) is 13.8 Å². The fraction of sp³-hybridized carbons (Fsp3) is 0.556. The number of carbonyl (C=O) groups excluding carboxylic acids is 4. The van der Waals surface area contributed by atoms with Crippen LogP contribution in [0.3, 0.4) is 0 Å². The molecule has 0 N–H and O–H groups in total. The SMILES string of the molecule is CC(=O)OCC(=O)N(C)C(=O)COC(C)=O. The molecular formula is C9H13NO6. The van der Waals surface area contributed by atoms with E-state index in [0.717, 1.165) is 18.7 Å². The molecule has 0 radical (unpaired) electrons. The molecule has 0 saturated heterocycles. The lowest BCUT2D eigenvalue weighted by Gasteiger charge is -2.14. The van der Waals surface area contributed by atoms with E-state index in [1.807, 2.05) is 0 Å². The van der Waals surface area contributed by atoms with E-state index in [4.69, 9.17) is 0 Å². The molecule has 0 heterocycles. The fourth-order valence-electron chi connectivity index (χ4n) is 0.659. The minimum absolute atomic E-state index is 0.516. The van der Waals surface area contributed by atoms with Crippen molar-refractivity contribution in [1.29, 1.82) is 0 Å². The second-order valence-electron chi connectivity index (χ2n) is 2.91. The predicted octanol–water partition coefficient (Wildman–Crippen LogP) is -0.902. The molecule has 0 aliphatic rings. The standard InChI is InChI=1S/C9H13NO6/c1-6(11)15-4-8(13)10(3)9(14)5-16-7(2)12/h4-5H2,1-3H3. The third-order valence-corrected chi connectivity index (χ3v) is 1.55. The van der Waals surface area contributed by atoms with Crippen molar-refractivity contribution in [3.05, 3.63) is 0 Å². The summed E-state index contributed by atoms with van der Waals surface area (Å²) in [6, 6.07) is 0. The van der Waals surface area contributed by atoms with Gasteiger partial charge in [0, 0.05) is 20.9 Å². The van der Waals surface area contributed by atoms with Crippen LogP contribution in [-0.2, 0) is 28.7 Å². The Bertz CT molecular complexity index is 281. The highest BCUT2D eigenvalue weighted by Crippen LogP contribution is 1.90. The molecule has 0 unspecified atom stereocenters. The molecule has 0 aromatic rings. The van der Waals surface area contributed by atoms with Crippen LogP contribution in [0.4, 0.5) is 0 Å². The van der Waals surface area contributed by atoms with Crippen molar-refractivity contribution in [1.82, 2.24) is 4.90 Å². The summed E-state index contributed by atoms with van der Waals surface area (Å²) in [5, 5.41) is 0. The van der Waals surface area contributed by atoms with Gasteiger partial charge in [-0.3, -0.25) is 24.1 Å². The van der Waals surface area contributed by atoms with Crippen LogP contribution < -0.4 is 0 Å². The highest BCUT2D eigenvalue weighted by atomic mass is 16.5. The van der Waals surface area contributed by atoms with E-state index < -0.39 is 37.0 Å². The van der Waals surface area contributed by atoms with Gasteiger partial charge in [0.15, 0.2) is 13.2 Å². The molecule has 16 heavy (non-hydrogen) atoms. The Morgan fingerprint density at radius 3 is 1.44 bits per heavy atom. The van der Waals surface area contributed by atoms with Gasteiger partial charge in [-0.25, -0.2) is 0 Å². The van der Waals surface area contributed by atoms with Gasteiger partial charge in [-0.2, -0.15) is 0 Å². The van der Waals surface area contributed by atoms with Crippen LogP contribution in [0.15, 0.2) is 0 Å². The van der Waals surface area contributed by atoms with Gasteiger partial charge in [-0.15, -0.1) is 0 Å². The smallest absolute Gasteiger partial charge is 0.303 e. The van der Waals surface area contributed by atoms with Crippen molar-refractivity contribution in [2.24, 2.45) is 0 Å². The zero-order chi connectivity index (χ0) is 12.7. The van der Waals surface area contributed by atoms with Gasteiger partial charge >= 0.3 is 11.9 Å². The Morgan fingerprint density at radius 2 is 1.19 bits per heavy atom. The second-order valence-corrected chi connectivity index (χ2v) is 2.91. The van der Waals surface area contributed by atoms with Gasteiger partial charge < -0.3 is 9.47 Å². The van der Waals surface area contributed by atoms with Crippen LogP contribution in [0.5, 0.6) is 0 Å². The van der Waals surface area contributed by atoms with Gasteiger partial charge in [-0.1, -0.05) is 0 Å². The molecule has 0 rings (SSSR count). The number of rotatable bonds is 4. The van der Waals surface area contributed by atoms with E-state index in [0.29, 0.717) is 0 Å². The van der Waals surface area contributed by atoms with Crippen LogP contribution in [0.2, 0.25) is 0 Å². The summed E-state index contributed by atoms with van der Waals surface area (Å²) < 4.78 is 8.82. The molecule has 7 heteroatoms. The molecule has 90 valence electrons. The Morgan fingerprint density at radius 1 is 0.875 bits per heavy atom. The lowest BCUT2D eigenvalue weighted by atomic mass is 10.5. The van der Waals surface area contributed by atoms with E-state index in [1.165, 1.54) is 7.05 Å². The molecule has 0 spiro atoms. The van der Waals surface area contributed by atoms with E-state index >= 15 is 0 Å². The predicted molar refractivity (Wildman–Crippen MR) is 51.0 cm³/mol. The highest BCUT2D eigenvalue weighted by Gasteiger charge is 2.18. The van der Waals surface area contributed by atoms with Crippen molar-refractivity contribution < 1.29 is 28.7 Å². The molecule has 0 aromatic carbocycles. The minimum atomic E-state index is -0.688. The summed E-state index contributed by atoms with van der Waals surface area (Å²) in [4.78, 5) is 44.0. The summed E-state index contributed by atoms with van der Waals surface area (Å²) in [7, 11) is 1.21. The van der Waals surface area contributed by atoms with Crippen molar-refractivity contribution in [3.63, 3.8) is 0 Å². The van der Waals surface area contributed by atoms with Crippen molar-refractivity contribution in [2.75, 3.05) is 20.3 Å². The van der Waals surface area contributed by atoms with E-state index in [1.54, 1.807) is 0 Å². The molecule has 0 saturated carbocycles. The normalized spacial score (nSPS) is 9.19. The van der Waals surface area contributed by atoms with Gasteiger partial charge in [0.25, 0.3) is 11.8 Å². The fourth-order valence-corrected chi connectivity index (χ4v) is 0.659. The van der Waals surface area contributed by atoms with E-state index in [9.17, 15) is 19.2 Å². The number of nitrogens with zero attached hydrogens (tertiary/aromatic N) is 1. The zero-order valence-corrected chi connectivity index (χ0v) is 9.31. The summed E-state index contributed by atoms with van der Waals surface area (Å²) in [6.07, 6.45) is 0. The first-order valence-electron chi connectivity index (χ1n) is 4.40. The number of hydrogen-bond acceptors (Lipinski definition) is 6. The topological polar surface area (TPSA) is 90.0 Å². The number of hydrogen-bond donors (Lipinski definition) is 0. The molecule has 0 aliphatic heterocycles. The maximum Gasteiger partial charge on any atom is 0.303 e. The maximum absolute atomic E-state index is 11.2. The Labute approximate surface area is 92.3 Å². The Kier molecular flexibility index (Phi) is 5.76. The molecule has 0 aromatic heterocycles. The van der Waals surface area contributed by atoms with Crippen LogP contribution in [-0.4, -0.2) is 48.9 Å². The number of imide groups is 1. The molecule has 7 nitrogen and oxygen atoms in total. The molecule has 2 amide bonds. The molecule has 0 fully saturated rings. The van der Waals surface area contributed by atoms with Gasteiger partial charge in [0.2, 0.25) is 0 Å². The first-order chi connectivity index (χ1) is 7.34. The average Bonchev–Trinajstić information content (AvgIpc) is 2.21. The van der Waals surface area contributed by atoms with E-state index in [2.05, 4.69) is 9.47 Å². The minimum Gasteiger partial charge on any atom is -0.456 e. The number of amides is 2. The van der Waals surface area contributed by atoms with Crippen LogP contribution >= 0.6 is 0 Å². The summed E-state index contributed by atoms with van der Waals surface area (Å²) >= 11 is 0. The Balaban J connectivity index is 4.06. The molecular weight excluding hydrogens is 218 g/mol. The third-order valence-electron chi connectivity index (χ3n) is 1.55. The number of ether oxygens (including phenoxy) is 2. The second kappa shape index (κ2) is 6.54. The number of esters is 2. The van der Waals surface area contributed by atoms with Crippen LogP contribution in [0.25, 0.3) is 0 Å². The molecule has 0 bridgehead atoms. The lowest BCUT2D eigenvalue weighted by molar-refractivity contribution is -0.157. The monoisotopic (exact) mass is 231 g/mol. The Hall–Kier alpha value is -1.92. The maximum atomic E-state index is 11.2. The summed E-state index contributed by atoms with van der Waals surface area (Å²) in [5.74, 6) is -2.61. The van der Waals surface area contributed by atoms with Gasteiger partial charge in [0.05, 0.1) is 0 Å². The van der Waals surface area contributed by atoms with Crippen molar-refractivity contribution in [3.8, 4) is 0 Å². The van der Waals surface area contributed by atoms with Gasteiger partial charge in [0.1, 0.15) is 0 Å². The van der Waals surface area contributed by atoms with E-state index in [-0.39, 0.29) is 0 Å². The summed E-state index contributed by atoms with van der Waals surface area (Å²) in [5.41, 5.74) is 0. The first kappa shape index (κ1) is 14.1. The van der Waals surface area contributed by atoms with Crippen molar-refractivity contribution >= 4 is 23.8 Å². The molecule has 0 aliphatic carbocycles. The van der Waals surface area contributed by atoms with Crippen LogP contribution in [0, 0.1) is 0 Å². The molecule has 0 atom stereocenters. The largest absolute Gasteiger partial charge is 0.456 e. The first-order valence-corrected chi connectivity index (χ1v) is 4.40. The van der Waals surface area contributed by atoms with Crippen molar-refractivity contribution in [2.45, 2.75) is 13.8 Å². The number of carbonyl (C=O) groups is 4. The lowest BCUT2D eigenvalue weighted by Crippen LogP contribution is -2.38. The third kappa shape index (κ3) is 5.74. The zero-order valence-electron chi connectivity index (χ0n) is 9.31. The quantitative estimate of drug-likeness (QED) is 0.582. The average molecular weight is 231 g/mol.